The fourth-order valence-corrected chi connectivity index (χ4v) is 1.87. The van der Waals surface area contributed by atoms with Gasteiger partial charge in [0.2, 0.25) is 5.91 Å². The monoisotopic (exact) mass is 249 g/mol. The molecule has 0 saturated carbocycles. The first-order chi connectivity index (χ1) is 8.54. The number of nitrogens with one attached hydrogen (secondary N) is 1. The third-order valence-electron chi connectivity index (χ3n) is 2.80. The first-order valence-electron chi connectivity index (χ1n) is 5.61. The highest BCUT2D eigenvalue weighted by atomic mass is 16.5. The molecule has 0 bridgehead atoms. The second-order valence-corrected chi connectivity index (χ2v) is 4.05. The van der Waals surface area contributed by atoms with Crippen LogP contribution in [0.1, 0.15) is 6.92 Å². The summed E-state index contributed by atoms with van der Waals surface area (Å²) in [6.45, 7) is 1.58. The number of rotatable bonds is 2. The van der Waals surface area contributed by atoms with Gasteiger partial charge >= 0.3 is 0 Å². The van der Waals surface area contributed by atoms with Crippen molar-refractivity contribution in [3.05, 3.63) is 18.2 Å². The molecule has 1 atom stereocenters. The number of para-hydroxylation sites is 1. The average Bonchev–Trinajstić information content (AvgIpc) is 2.34. The van der Waals surface area contributed by atoms with Gasteiger partial charge in [0.25, 0.3) is 5.91 Å². The van der Waals surface area contributed by atoms with E-state index in [-0.39, 0.29) is 18.4 Å². The molecule has 96 valence electrons. The van der Waals surface area contributed by atoms with E-state index in [1.165, 1.54) is 11.9 Å². The van der Waals surface area contributed by atoms with Gasteiger partial charge in [-0.3, -0.25) is 14.5 Å². The Morgan fingerprint density at radius 3 is 2.94 bits per heavy atom. The molecule has 2 amide bonds. The molecule has 6 heteroatoms. The van der Waals surface area contributed by atoms with Crippen LogP contribution in [0.15, 0.2) is 18.2 Å². The molecule has 18 heavy (non-hydrogen) atoms. The summed E-state index contributed by atoms with van der Waals surface area (Å²) < 4.78 is 5.47. The first kappa shape index (κ1) is 12.2. The van der Waals surface area contributed by atoms with E-state index in [1.807, 2.05) is 0 Å². The van der Waals surface area contributed by atoms with Gasteiger partial charge in [-0.1, -0.05) is 6.07 Å². The summed E-state index contributed by atoms with van der Waals surface area (Å²) >= 11 is 0. The normalized spacial score (nSPS) is 18.0. The highest BCUT2D eigenvalue weighted by molar-refractivity contribution is 6.06. The van der Waals surface area contributed by atoms with E-state index in [9.17, 15) is 9.59 Å². The minimum absolute atomic E-state index is 0.0652. The zero-order valence-corrected chi connectivity index (χ0v) is 10.3. The SMILES string of the molecule is CNC(=O)CN1C(=O)C(C)Oc2cccc(N)c21. The lowest BCUT2D eigenvalue weighted by Crippen LogP contribution is -2.48. The standard InChI is InChI=1S/C12H15N3O3/c1-7-12(17)15(6-10(16)14-2)11-8(13)4-3-5-9(11)18-7/h3-5,7H,6,13H2,1-2H3,(H,14,16). The Bertz CT molecular complexity index is 501. The van der Waals surface area contributed by atoms with Crippen LogP contribution in [0.4, 0.5) is 11.4 Å². The van der Waals surface area contributed by atoms with E-state index in [0.717, 1.165) is 0 Å². The van der Waals surface area contributed by atoms with Crippen LogP contribution in [0, 0.1) is 0 Å². The smallest absolute Gasteiger partial charge is 0.268 e. The molecule has 0 aliphatic carbocycles. The molecule has 1 aliphatic heterocycles. The third-order valence-corrected chi connectivity index (χ3v) is 2.80. The molecule has 1 heterocycles. The predicted molar refractivity (Wildman–Crippen MR) is 67.4 cm³/mol. The summed E-state index contributed by atoms with van der Waals surface area (Å²) in [5, 5.41) is 2.48. The summed E-state index contributed by atoms with van der Waals surface area (Å²) in [5.74, 6) is -0.0124. The van der Waals surface area contributed by atoms with E-state index < -0.39 is 6.10 Å². The number of ether oxygens (including phenoxy) is 1. The van der Waals surface area contributed by atoms with Gasteiger partial charge in [0.15, 0.2) is 6.10 Å². The maximum absolute atomic E-state index is 12.1. The maximum atomic E-state index is 12.1. The number of anilines is 2. The summed E-state index contributed by atoms with van der Waals surface area (Å²) in [6, 6.07) is 5.14. The number of nitrogens with two attached hydrogens (primary N) is 1. The molecule has 0 aromatic heterocycles. The van der Waals surface area contributed by atoms with Gasteiger partial charge in [0.05, 0.1) is 5.69 Å². The van der Waals surface area contributed by atoms with Crippen LogP contribution in [0.3, 0.4) is 0 Å². The molecule has 1 aliphatic rings. The average molecular weight is 249 g/mol. The summed E-state index contributed by atoms with van der Waals surface area (Å²) in [5.41, 5.74) is 6.73. The molecule has 3 N–H and O–H groups in total. The van der Waals surface area contributed by atoms with Crippen molar-refractivity contribution in [2.24, 2.45) is 0 Å². The van der Waals surface area contributed by atoms with Crippen LogP contribution in [0.25, 0.3) is 0 Å². The van der Waals surface area contributed by atoms with Gasteiger partial charge < -0.3 is 15.8 Å². The number of carbonyl (C=O) groups excluding carboxylic acids is 2. The molecule has 0 fully saturated rings. The Morgan fingerprint density at radius 1 is 1.56 bits per heavy atom. The van der Waals surface area contributed by atoms with E-state index in [2.05, 4.69) is 5.32 Å². The molecule has 6 nitrogen and oxygen atoms in total. The Morgan fingerprint density at radius 2 is 2.28 bits per heavy atom. The van der Waals surface area contributed by atoms with Gasteiger partial charge in [0, 0.05) is 7.05 Å². The van der Waals surface area contributed by atoms with Crippen LogP contribution in [0.5, 0.6) is 5.75 Å². The number of hydrogen-bond acceptors (Lipinski definition) is 4. The molecule has 0 radical (unpaired) electrons. The molecular formula is C12H15N3O3. The van der Waals surface area contributed by atoms with Crippen LogP contribution in [0.2, 0.25) is 0 Å². The molecule has 1 unspecified atom stereocenters. The molecule has 1 aromatic carbocycles. The fraction of sp³-hybridized carbons (Fsp3) is 0.333. The van der Waals surface area contributed by atoms with Crippen molar-refractivity contribution in [1.29, 1.82) is 0 Å². The predicted octanol–water partition coefficient (Wildman–Crippen LogP) is 0.129. The Kier molecular flexibility index (Phi) is 3.10. The van der Waals surface area contributed by atoms with Crippen molar-refractivity contribution in [3.63, 3.8) is 0 Å². The molecule has 0 spiro atoms. The van der Waals surface area contributed by atoms with Crippen molar-refractivity contribution >= 4 is 23.2 Å². The van der Waals surface area contributed by atoms with Crippen molar-refractivity contribution in [1.82, 2.24) is 5.32 Å². The number of fused-ring (bicyclic) bond motifs is 1. The van der Waals surface area contributed by atoms with Crippen LogP contribution in [-0.4, -0.2) is 31.5 Å². The zero-order chi connectivity index (χ0) is 13.3. The molecule has 2 rings (SSSR count). The summed E-state index contributed by atoms with van der Waals surface area (Å²) in [4.78, 5) is 24.9. The van der Waals surface area contributed by atoms with E-state index in [1.54, 1.807) is 25.1 Å². The Labute approximate surface area is 105 Å². The topological polar surface area (TPSA) is 84.7 Å². The Hall–Kier alpha value is -2.24. The van der Waals surface area contributed by atoms with Gasteiger partial charge in [-0.2, -0.15) is 0 Å². The number of benzene rings is 1. The summed E-state index contributed by atoms with van der Waals surface area (Å²) in [6.07, 6.45) is -0.621. The molecular weight excluding hydrogens is 234 g/mol. The van der Waals surface area contributed by atoms with Gasteiger partial charge in [-0.25, -0.2) is 0 Å². The highest BCUT2D eigenvalue weighted by Crippen LogP contribution is 2.38. The summed E-state index contributed by atoms with van der Waals surface area (Å²) in [7, 11) is 1.52. The molecule has 0 saturated heterocycles. The number of likely N-dealkylation sites (N-methyl/N-ethyl adjacent to an activating group) is 1. The van der Waals surface area contributed by atoms with Crippen LogP contribution >= 0.6 is 0 Å². The van der Waals surface area contributed by atoms with Crippen molar-refractivity contribution < 1.29 is 14.3 Å². The third kappa shape index (κ3) is 1.97. The van der Waals surface area contributed by atoms with Gasteiger partial charge in [0.1, 0.15) is 18.0 Å². The van der Waals surface area contributed by atoms with Gasteiger partial charge in [-0.05, 0) is 19.1 Å². The number of nitrogen functional groups attached to an aromatic ring is 1. The molecule has 1 aromatic rings. The lowest BCUT2D eigenvalue weighted by molar-refractivity contribution is -0.128. The van der Waals surface area contributed by atoms with E-state index >= 15 is 0 Å². The quantitative estimate of drug-likeness (QED) is 0.729. The Balaban J connectivity index is 2.44. The van der Waals surface area contributed by atoms with Gasteiger partial charge in [-0.15, -0.1) is 0 Å². The second-order valence-electron chi connectivity index (χ2n) is 4.05. The van der Waals surface area contributed by atoms with Crippen molar-refractivity contribution in [3.8, 4) is 5.75 Å². The van der Waals surface area contributed by atoms with Crippen LogP contribution < -0.4 is 20.7 Å². The number of amides is 2. The second kappa shape index (κ2) is 4.56. The number of hydrogen-bond donors (Lipinski definition) is 2. The fourth-order valence-electron chi connectivity index (χ4n) is 1.87. The van der Waals surface area contributed by atoms with Crippen molar-refractivity contribution in [2.75, 3.05) is 24.2 Å². The zero-order valence-electron chi connectivity index (χ0n) is 10.3. The first-order valence-corrected chi connectivity index (χ1v) is 5.61. The van der Waals surface area contributed by atoms with Crippen molar-refractivity contribution in [2.45, 2.75) is 13.0 Å². The number of nitrogens with zero attached hydrogens (tertiary/aromatic N) is 1. The minimum atomic E-state index is -0.621. The lowest BCUT2D eigenvalue weighted by atomic mass is 10.1. The number of carbonyl (C=O) groups is 2. The highest BCUT2D eigenvalue weighted by Gasteiger charge is 2.33. The minimum Gasteiger partial charge on any atom is -0.479 e. The lowest BCUT2D eigenvalue weighted by Gasteiger charge is -2.33. The largest absolute Gasteiger partial charge is 0.479 e. The van der Waals surface area contributed by atoms with E-state index in [4.69, 9.17) is 10.5 Å². The van der Waals surface area contributed by atoms with Crippen LogP contribution in [-0.2, 0) is 9.59 Å². The van der Waals surface area contributed by atoms with E-state index in [0.29, 0.717) is 17.1 Å². The maximum Gasteiger partial charge on any atom is 0.268 e.